The molecule has 5 nitrogen and oxygen atoms in total. The third-order valence-electron chi connectivity index (χ3n) is 4.69. The molecule has 30 heavy (non-hydrogen) atoms. The van der Waals surface area contributed by atoms with Crippen molar-refractivity contribution in [3.63, 3.8) is 0 Å². The Balaban J connectivity index is 1.90. The molecule has 3 aromatic carbocycles. The van der Waals surface area contributed by atoms with Crippen molar-refractivity contribution in [2.24, 2.45) is 0 Å². The van der Waals surface area contributed by atoms with Crippen LogP contribution in [-0.2, 0) is 0 Å². The van der Waals surface area contributed by atoms with Gasteiger partial charge in [0.2, 0.25) is 0 Å². The third-order valence-corrected chi connectivity index (χ3v) is 4.93. The highest BCUT2D eigenvalue weighted by Crippen LogP contribution is 2.41. The van der Waals surface area contributed by atoms with Gasteiger partial charge in [-0.2, -0.15) is 0 Å². The molecule has 0 aliphatic heterocycles. The van der Waals surface area contributed by atoms with E-state index in [1.54, 1.807) is 21.3 Å². The SMILES string of the molecule is COc1ccc(Oc2cc3cc(Cl)ccc3nc2-c2cc(OC)ccc2OC)cc1. The second-order valence-electron chi connectivity index (χ2n) is 6.52. The zero-order valence-corrected chi connectivity index (χ0v) is 17.6. The van der Waals surface area contributed by atoms with Crippen LogP contribution in [0.5, 0.6) is 28.7 Å². The molecule has 0 amide bonds. The van der Waals surface area contributed by atoms with E-state index in [-0.39, 0.29) is 0 Å². The molecule has 4 rings (SSSR count). The maximum atomic E-state index is 6.23. The van der Waals surface area contributed by atoms with Gasteiger partial charge >= 0.3 is 0 Å². The van der Waals surface area contributed by atoms with Crippen LogP contribution in [0, 0.1) is 0 Å². The predicted molar refractivity (Wildman–Crippen MR) is 118 cm³/mol. The zero-order valence-electron chi connectivity index (χ0n) is 16.8. The lowest BCUT2D eigenvalue weighted by Crippen LogP contribution is -1.96. The van der Waals surface area contributed by atoms with E-state index >= 15 is 0 Å². The second kappa shape index (κ2) is 8.51. The number of hydrogen-bond acceptors (Lipinski definition) is 5. The molecule has 0 aliphatic carbocycles. The fourth-order valence-corrected chi connectivity index (χ4v) is 3.35. The number of ether oxygens (including phenoxy) is 4. The van der Waals surface area contributed by atoms with E-state index in [1.807, 2.05) is 66.7 Å². The number of pyridine rings is 1. The van der Waals surface area contributed by atoms with Gasteiger partial charge in [0, 0.05) is 16.0 Å². The molecule has 152 valence electrons. The Morgan fingerprint density at radius 2 is 1.37 bits per heavy atom. The third kappa shape index (κ3) is 3.98. The summed E-state index contributed by atoms with van der Waals surface area (Å²) in [6.45, 7) is 0. The quantitative estimate of drug-likeness (QED) is 0.362. The first-order valence-corrected chi connectivity index (χ1v) is 9.63. The molecule has 1 aromatic heterocycles. The first kappa shape index (κ1) is 19.9. The summed E-state index contributed by atoms with van der Waals surface area (Å²) in [6.07, 6.45) is 0. The molecular weight excluding hydrogens is 402 g/mol. The number of fused-ring (bicyclic) bond motifs is 1. The molecule has 0 spiro atoms. The van der Waals surface area contributed by atoms with Crippen molar-refractivity contribution in [3.05, 3.63) is 71.8 Å². The lowest BCUT2D eigenvalue weighted by Gasteiger charge is -2.15. The molecule has 0 bridgehead atoms. The van der Waals surface area contributed by atoms with E-state index in [2.05, 4.69) is 0 Å². The summed E-state index contributed by atoms with van der Waals surface area (Å²) in [5.41, 5.74) is 2.19. The van der Waals surface area contributed by atoms with Crippen LogP contribution in [0.1, 0.15) is 0 Å². The van der Waals surface area contributed by atoms with Crippen LogP contribution in [0.3, 0.4) is 0 Å². The van der Waals surface area contributed by atoms with Gasteiger partial charge in [0.1, 0.15) is 28.7 Å². The van der Waals surface area contributed by atoms with E-state index in [0.717, 1.165) is 22.2 Å². The van der Waals surface area contributed by atoms with Gasteiger partial charge in [0.15, 0.2) is 5.75 Å². The fraction of sp³-hybridized carbons (Fsp3) is 0.125. The first-order chi connectivity index (χ1) is 14.6. The highest BCUT2D eigenvalue weighted by atomic mass is 35.5. The highest BCUT2D eigenvalue weighted by molar-refractivity contribution is 6.31. The Morgan fingerprint density at radius 3 is 2.07 bits per heavy atom. The van der Waals surface area contributed by atoms with E-state index in [4.69, 9.17) is 35.5 Å². The van der Waals surface area contributed by atoms with Crippen molar-refractivity contribution in [2.75, 3.05) is 21.3 Å². The van der Waals surface area contributed by atoms with Gasteiger partial charge < -0.3 is 18.9 Å². The molecule has 0 fully saturated rings. The molecule has 0 N–H and O–H groups in total. The van der Waals surface area contributed by atoms with Crippen LogP contribution in [0.4, 0.5) is 0 Å². The Bertz CT molecular complexity index is 1190. The number of nitrogens with zero attached hydrogens (tertiary/aromatic N) is 1. The molecule has 4 aromatic rings. The van der Waals surface area contributed by atoms with Crippen LogP contribution in [0.2, 0.25) is 5.02 Å². The van der Waals surface area contributed by atoms with Crippen molar-refractivity contribution in [1.82, 2.24) is 4.98 Å². The molecule has 6 heteroatoms. The average molecular weight is 422 g/mol. The van der Waals surface area contributed by atoms with Crippen molar-refractivity contribution in [1.29, 1.82) is 0 Å². The van der Waals surface area contributed by atoms with Crippen LogP contribution in [0.25, 0.3) is 22.2 Å². The standard InChI is InChI=1S/C24H20ClNO4/c1-27-17-5-7-18(8-6-17)30-23-13-15-12-16(25)4-10-21(15)26-24(23)20-14-19(28-2)9-11-22(20)29-3/h4-14H,1-3H3. The minimum atomic E-state index is 0.571. The fourth-order valence-electron chi connectivity index (χ4n) is 3.17. The summed E-state index contributed by atoms with van der Waals surface area (Å²) in [5.74, 6) is 3.33. The van der Waals surface area contributed by atoms with Crippen molar-refractivity contribution < 1.29 is 18.9 Å². The molecular formula is C24H20ClNO4. The van der Waals surface area contributed by atoms with Gasteiger partial charge in [0.05, 0.1) is 26.8 Å². The minimum Gasteiger partial charge on any atom is -0.497 e. The lowest BCUT2D eigenvalue weighted by atomic mass is 10.1. The van der Waals surface area contributed by atoms with Gasteiger partial charge in [-0.05, 0) is 66.7 Å². The largest absolute Gasteiger partial charge is 0.497 e. The monoisotopic (exact) mass is 421 g/mol. The number of rotatable bonds is 6. The summed E-state index contributed by atoms with van der Waals surface area (Å²) >= 11 is 6.19. The number of methoxy groups -OCH3 is 3. The zero-order chi connectivity index (χ0) is 21.1. The summed E-state index contributed by atoms with van der Waals surface area (Å²) in [5, 5.41) is 1.50. The molecule has 0 aliphatic rings. The van der Waals surface area contributed by atoms with Crippen LogP contribution >= 0.6 is 11.6 Å². The Kier molecular flexibility index (Phi) is 5.63. The number of benzene rings is 3. The van der Waals surface area contributed by atoms with E-state index in [0.29, 0.717) is 33.7 Å². The van der Waals surface area contributed by atoms with Crippen molar-refractivity contribution >= 4 is 22.5 Å². The Labute approximate surface area is 179 Å². The molecule has 0 saturated carbocycles. The summed E-state index contributed by atoms with van der Waals surface area (Å²) in [4.78, 5) is 4.86. The summed E-state index contributed by atoms with van der Waals surface area (Å²) < 4.78 is 22.4. The van der Waals surface area contributed by atoms with E-state index in [9.17, 15) is 0 Å². The number of halogens is 1. The van der Waals surface area contributed by atoms with Gasteiger partial charge in [-0.1, -0.05) is 11.6 Å². The van der Waals surface area contributed by atoms with Crippen LogP contribution in [0.15, 0.2) is 66.7 Å². The van der Waals surface area contributed by atoms with Gasteiger partial charge in [-0.25, -0.2) is 4.98 Å². The molecule has 0 atom stereocenters. The van der Waals surface area contributed by atoms with E-state index < -0.39 is 0 Å². The minimum absolute atomic E-state index is 0.571. The van der Waals surface area contributed by atoms with Gasteiger partial charge in [0.25, 0.3) is 0 Å². The Morgan fingerprint density at radius 1 is 0.667 bits per heavy atom. The maximum absolute atomic E-state index is 6.23. The number of aromatic nitrogens is 1. The molecule has 1 heterocycles. The van der Waals surface area contributed by atoms with Gasteiger partial charge in [-0.3, -0.25) is 0 Å². The smallest absolute Gasteiger partial charge is 0.154 e. The normalized spacial score (nSPS) is 10.7. The topological polar surface area (TPSA) is 49.8 Å². The maximum Gasteiger partial charge on any atom is 0.154 e. The lowest BCUT2D eigenvalue weighted by molar-refractivity contribution is 0.404. The highest BCUT2D eigenvalue weighted by Gasteiger charge is 2.17. The molecule has 0 saturated heterocycles. The average Bonchev–Trinajstić information content (AvgIpc) is 2.78. The molecule has 0 unspecified atom stereocenters. The summed E-state index contributed by atoms with van der Waals surface area (Å²) in [6, 6.07) is 20.4. The van der Waals surface area contributed by atoms with Crippen molar-refractivity contribution in [3.8, 4) is 40.0 Å². The second-order valence-corrected chi connectivity index (χ2v) is 6.95. The van der Waals surface area contributed by atoms with E-state index in [1.165, 1.54) is 0 Å². The number of hydrogen-bond donors (Lipinski definition) is 0. The first-order valence-electron chi connectivity index (χ1n) is 9.26. The van der Waals surface area contributed by atoms with Crippen molar-refractivity contribution in [2.45, 2.75) is 0 Å². The predicted octanol–water partition coefficient (Wildman–Crippen LogP) is 6.37. The Hall–Kier alpha value is -3.44. The van der Waals surface area contributed by atoms with Crippen LogP contribution in [-0.4, -0.2) is 26.3 Å². The van der Waals surface area contributed by atoms with Gasteiger partial charge in [-0.15, -0.1) is 0 Å². The summed E-state index contributed by atoms with van der Waals surface area (Å²) in [7, 11) is 4.87. The van der Waals surface area contributed by atoms with Crippen LogP contribution < -0.4 is 18.9 Å². The molecule has 0 radical (unpaired) electrons.